The molecule has 27 heavy (non-hydrogen) atoms. The normalized spacial score (nSPS) is 27.3. The number of aryl methyl sites for hydroxylation is 1. The van der Waals surface area contributed by atoms with Crippen molar-refractivity contribution in [3.63, 3.8) is 0 Å². The van der Waals surface area contributed by atoms with Gasteiger partial charge >= 0.3 is 0 Å². The SMILES string of the molecule is O=C(CCCc1nc2ccccc2s1)N1CC[C@@]23OCCCN2C(=O)C[C@@H]13. The zero-order valence-electron chi connectivity index (χ0n) is 15.2. The molecule has 0 radical (unpaired) electrons. The number of amides is 2. The number of nitrogens with zero attached hydrogens (tertiary/aromatic N) is 3. The van der Waals surface area contributed by atoms with E-state index in [-0.39, 0.29) is 17.9 Å². The van der Waals surface area contributed by atoms with E-state index in [9.17, 15) is 9.59 Å². The van der Waals surface area contributed by atoms with Crippen LogP contribution >= 0.6 is 11.3 Å². The van der Waals surface area contributed by atoms with Crippen LogP contribution in [-0.4, -0.2) is 58.1 Å². The average molecular weight is 385 g/mol. The molecule has 2 amide bonds. The molecule has 5 rings (SSSR count). The zero-order chi connectivity index (χ0) is 18.4. The Balaban J connectivity index is 1.22. The second-order valence-electron chi connectivity index (χ2n) is 7.58. The molecule has 0 bridgehead atoms. The first-order valence-electron chi connectivity index (χ1n) is 9.76. The van der Waals surface area contributed by atoms with Crippen molar-refractivity contribution in [2.45, 2.75) is 50.3 Å². The van der Waals surface area contributed by atoms with Crippen LogP contribution in [0.1, 0.15) is 37.1 Å². The van der Waals surface area contributed by atoms with Crippen molar-refractivity contribution in [1.82, 2.24) is 14.8 Å². The van der Waals surface area contributed by atoms with Gasteiger partial charge in [-0.05, 0) is 31.4 Å². The molecule has 3 fully saturated rings. The van der Waals surface area contributed by atoms with E-state index in [1.165, 1.54) is 4.70 Å². The largest absolute Gasteiger partial charge is 0.353 e. The quantitative estimate of drug-likeness (QED) is 0.812. The molecule has 2 atom stereocenters. The fourth-order valence-corrected chi connectivity index (χ4v) is 5.82. The minimum atomic E-state index is -0.544. The number of fused-ring (bicyclic) bond motifs is 1. The van der Waals surface area contributed by atoms with Crippen LogP contribution in [0.25, 0.3) is 10.2 Å². The van der Waals surface area contributed by atoms with Gasteiger partial charge in [0.25, 0.3) is 0 Å². The van der Waals surface area contributed by atoms with Crippen molar-refractivity contribution >= 4 is 33.4 Å². The maximum Gasteiger partial charge on any atom is 0.227 e. The second-order valence-corrected chi connectivity index (χ2v) is 8.69. The van der Waals surface area contributed by atoms with Gasteiger partial charge in [-0.25, -0.2) is 4.98 Å². The average Bonchev–Trinajstić information content (AvgIpc) is 3.31. The first-order chi connectivity index (χ1) is 13.2. The van der Waals surface area contributed by atoms with Crippen molar-refractivity contribution < 1.29 is 14.3 Å². The van der Waals surface area contributed by atoms with E-state index in [1.54, 1.807) is 11.3 Å². The fraction of sp³-hybridized carbons (Fsp3) is 0.550. The zero-order valence-corrected chi connectivity index (χ0v) is 16.0. The third-order valence-electron chi connectivity index (χ3n) is 6.05. The number of ether oxygens (including phenoxy) is 1. The van der Waals surface area contributed by atoms with E-state index in [0.717, 1.165) is 42.8 Å². The molecule has 3 aliphatic rings. The number of hydrogen-bond acceptors (Lipinski definition) is 5. The molecule has 0 saturated carbocycles. The summed E-state index contributed by atoms with van der Waals surface area (Å²) in [6.45, 7) is 2.13. The first-order valence-corrected chi connectivity index (χ1v) is 10.6. The van der Waals surface area contributed by atoms with E-state index in [0.29, 0.717) is 26.0 Å². The van der Waals surface area contributed by atoms with E-state index in [2.05, 4.69) is 11.1 Å². The summed E-state index contributed by atoms with van der Waals surface area (Å²) >= 11 is 1.70. The maximum atomic E-state index is 12.9. The van der Waals surface area contributed by atoms with Gasteiger partial charge in [-0.15, -0.1) is 11.3 Å². The van der Waals surface area contributed by atoms with Gasteiger partial charge in [-0.2, -0.15) is 0 Å². The summed E-state index contributed by atoms with van der Waals surface area (Å²) in [5.41, 5.74) is 0.488. The number of hydrogen-bond donors (Lipinski definition) is 0. The first kappa shape index (κ1) is 17.1. The van der Waals surface area contributed by atoms with Crippen molar-refractivity contribution in [2.75, 3.05) is 19.7 Å². The van der Waals surface area contributed by atoms with Gasteiger partial charge in [-0.1, -0.05) is 12.1 Å². The standard InChI is InChI=1S/C20H23N3O3S/c24-18(8-3-7-17-21-14-5-1-2-6-15(14)27-17)22-11-9-20-16(22)13-19(25)23(20)10-4-12-26-20/h1-2,5-6,16H,3-4,7-13H2/t16-,20+/m1/s1. The Morgan fingerprint density at radius 3 is 3.11 bits per heavy atom. The van der Waals surface area contributed by atoms with Gasteiger partial charge in [-0.3, -0.25) is 9.59 Å². The highest BCUT2D eigenvalue weighted by Gasteiger charge is 2.61. The summed E-state index contributed by atoms with van der Waals surface area (Å²) in [5, 5.41) is 1.08. The second kappa shape index (κ2) is 6.56. The molecule has 0 N–H and O–H groups in total. The van der Waals surface area contributed by atoms with Crippen molar-refractivity contribution in [3.8, 4) is 0 Å². The van der Waals surface area contributed by atoms with Crippen LogP contribution in [0.4, 0.5) is 0 Å². The summed E-state index contributed by atoms with van der Waals surface area (Å²) in [6.07, 6.45) is 4.13. The Kier molecular flexibility index (Phi) is 4.16. The maximum absolute atomic E-state index is 12.9. The number of aromatic nitrogens is 1. The number of para-hydroxylation sites is 1. The van der Waals surface area contributed by atoms with E-state index >= 15 is 0 Å². The molecule has 1 spiro atoms. The monoisotopic (exact) mass is 385 g/mol. The Hall–Kier alpha value is -1.99. The number of rotatable bonds is 4. The topological polar surface area (TPSA) is 62.7 Å². The summed E-state index contributed by atoms with van der Waals surface area (Å²) in [7, 11) is 0. The minimum Gasteiger partial charge on any atom is -0.353 e. The van der Waals surface area contributed by atoms with Crippen LogP contribution in [0.2, 0.25) is 0 Å². The van der Waals surface area contributed by atoms with Gasteiger partial charge < -0.3 is 14.5 Å². The molecular formula is C20H23N3O3S. The highest BCUT2D eigenvalue weighted by Crippen LogP contribution is 2.45. The molecule has 3 saturated heterocycles. The number of carbonyl (C=O) groups excluding carboxylic acids is 2. The Morgan fingerprint density at radius 1 is 1.33 bits per heavy atom. The third-order valence-corrected chi connectivity index (χ3v) is 7.15. The van der Waals surface area contributed by atoms with Crippen LogP contribution in [0.15, 0.2) is 24.3 Å². The molecular weight excluding hydrogens is 362 g/mol. The lowest BCUT2D eigenvalue weighted by molar-refractivity contribution is -0.181. The van der Waals surface area contributed by atoms with Crippen LogP contribution in [-0.2, 0) is 20.7 Å². The van der Waals surface area contributed by atoms with Gasteiger partial charge in [0.05, 0.1) is 34.3 Å². The molecule has 4 heterocycles. The Morgan fingerprint density at radius 2 is 2.22 bits per heavy atom. The van der Waals surface area contributed by atoms with Gasteiger partial charge in [0, 0.05) is 25.9 Å². The number of likely N-dealkylation sites (tertiary alicyclic amines) is 1. The highest BCUT2D eigenvalue weighted by molar-refractivity contribution is 7.18. The summed E-state index contributed by atoms with van der Waals surface area (Å²) in [4.78, 5) is 33.7. The molecule has 0 aliphatic carbocycles. The number of thiazole rings is 1. The Bertz CT molecular complexity index is 864. The van der Waals surface area contributed by atoms with Crippen LogP contribution in [0.5, 0.6) is 0 Å². The van der Waals surface area contributed by atoms with Crippen LogP contribution in [0, 0.1) is 0 Å². The van der Waals surface area contributed by atoms with E-state index < -0.39 is 5.72 Å². The molecule has 3 aliphatic heterocycles. The van der Waals surface area contributed by atoms with E-state index in [1.807, 2.05) is 28.0 Å². The third kappa shape index (κ3) is 2.75. The van der Waals surface area contributed by atoms with Crippen LogP contribution < -0.4 is 0 Å². The lowest BCUT2D eigenvalue weighted by Gasteiger charge is -2.42. The van der Waals surface area contributed by atoms with Crippen molar-refractivity contribution in [3.05, 3.63) is 29.3 Å². The molecule has 6 nitrogen and oxygen atoms in total. The fourth-order valence-electron chi connectivity index (χ4n) is 4.81. The number of benzene rings is 1. The predicted octanol–water partition coefficient (Wildman–Crippen LogP) is 2.57. The van der Waals surface area contributed by atoms with E-state index in [4.69, 9.17) is 4.74 Å². The van der Waals surface area contributed by atoms with Gasteiger partial charge in [0.15, 0.2) is 5.72 Å². The highest BCUT2D eigenvalue weighted by atomic mass is 32.1. The molecule has 0 unspecified atom stereocenters. The molecule has 7 heteroatoms. The summed E-state index contributed by atoms with van der Waals surface area (Å²) in [5.74, 6) is 0.272. The lowest BCUT2D eigenvalue weighted by atomic mass is 10.0. The molecule has 142 valence electrons. The van der Waals surface area contributed by atoms with Gasteiger partial charge in [0.2, 0.25) is 11.8 Å². The van der Waals surface area contributed by atoms with Crippen molar-refractivity contribution in [2.24, 2.45) is 0 Å². The lowest BCUT2D eigenvalue weighted by Crippen LogP contribution is -2.56. The minimum absolute atomic E-state index is 0.111. The molecule has 1 aromatic carbocycles. The van der Waals surface area contributed by atoms with Crippen molar-refractivity contribution in [1.29, 1.82) is 0 Å². The number of carbonyl (C=O) groups is 2. The Labute approximate surface area is 162 Å². The van der Waals surface area contributed by atoms with Crippen LogP contribution in [0.3, 0.4) is 0 Å². The molecule has 1 aromatic heterocycles. The summed E-state index contributed by atoms with van der Waals surface area (Å²) in [6, 6.07) is 8.02. The predicted molar refractivity (Wildman–Crippen MR) is 102 cm³/mol. The summed E-state index contributed by atoms with van der Waals surface area (Å²) < 4.78 is 7.27. The van der Waals surface area contributed by atoms with Gasteiger partial charge in [0.1, 0.15) is 0 Å². The smallest absolute Gasteiger partial charge is 0.227 e. The molecule has 2 aromatic rings.